The Hall–Kier alpha value is -1.19. The van der Waals surface area contributed by atoms with Crippen LogP contribution >= 0.6 is 0 Å². The third kappa shape index (κ3) is 4.73. The molecule has 0 fully saturated rings. The first-order valence-corrected chi connectivity index (χ1v) is 7.35. The van der Waals surface area contributed by atoms with Crippen LogP contribution in [0.3, 0.4) is 0 Å². The Morgan fingerprint density at radius 2 is 1.80 bits per heavy atom. The number of ketones is 1. The second-order valence-electron chi connectivity index (χ2n) is 5.57. The van der Waals surface area contributed by atoms with Gasteiger partial charge in [-0.1, -0.05) is 45.0 Å². The number of nitrogens with zero attached hydrogens (tertiary/aromatic N) is 1. The fourth-order valence-electron chi connectivity index (χ4n) is 2.26. The molecule has 0 heterocycles. The largest absolute Gasteiger partial charge is 0.383 e. The molecule has 1 rings (SSSR count). The van der Waals surface area contributed by atoms with E-state index in [0.717, 1.165) is 12.1 Å². The molecule has 0 aliphatic heterocycles. The van der Waals surface area contributed by atoms with Crippen LogP contribution in [0.15, 0.2) is 24.3 Å². The summed E-state index contributed by atoms with van der Waals surface area (Å²) in [7, 11) is 1.69. The predicted molar refractivity (Wildman–Crippen MR) is 83.4 cm³/mol. The third-order valence-electron chi connectivity index (χ3n) is 3.68. The van der Waals surface area contributed by atoms with E-state index in [1.54, 1.807) is 7.11 Å². The van der Waals surface area contributed by atoms with Crippen LogP contribution in [0, 0.1) is 0 Å². The van der Waals surface area contributed by atoms with Gasteiger partial charge in [-0.3, -0.25) is 9.69 Å². The molecule has 112 valence electrons. The number of hydrogen-bond acceptors (Lipinski definition) is 3. The average molecular weight is 277 g/mol. The summed E-state index contributed by atoms with van der Waals surface area (Å²) >= 11 is 0. The summed E-state index contributed by atoms with van der Waals surface area (Å²) in [4.78, 5) is 14.5. The van der Waals surface area contributed by atoms with Crippen molar-refractivity contribution in [2.24, 2.45) is 0 Å². The van der Waals surface area contributed by atoms with Crippen LogP contribution in [0.5, 0.6) is 0 Å². The molecule has 1 atom stereocenters. The van der Waals surface area contributed by atoms with Gasteiger partial charge in [0.15, 0.2) is 5.78 Å². The maximum absolute atomic E-state index is 12.3. The maximum atomic E-state index is 12.3. The van der Waals surface area contributed by atoms with Crippen LogP contribution < -0.4 is 0 Å². The Kier molecular flexibility index (Phi) is 6.89. The minimum atomic E-state index is 0.171. The highest BCUT2D eigenvalue weighted by molar-refractivity contribution is 5.97. The summed E-state index contributed by atoms with van der Waals surface area (Å²) in [5.41, 5.74) is 2.05. The van der Waals surface area contributed by atoms with Crippen molar-refractivity contribution >= 4 is 5.78 Å². The van der Waals surface area contributed by atoms with E-state index < -0.39 is 0 Å². The number of Topliss-reactive ketones (excluding diaryl/α,β-unsaturated/α-hetero) is 1. The van der Waals surface area contributed by atoms with E-state index in [0.29, 0.717) is 19.1 Å². The molecular formula is C17H27NO2. The van der Waals surface area contributed by atoms with Gasteiger partial charge in [0.1, 0.15) is 0 Å². The van der Waals surface area contributed by atoms with E-state index in [9.17, 15) is 4.79 Å². The van der Waals surface area contributed by atoms with Crippen LogP contribution in [0.2, 0.25) is 0 Å². The van der Waals surface area contributed by atoms with Crippen LogP contribution in [-0.4, -0.2) is 43.5 Å². The fraction of sp³-hybridized carbons (Fsp3) is 0.588. The highest BCUT2D eigenvalue weighted by Crippen LogP contribution is 2.15. The lowest BCUT2D eigenvalue weighted by Gasteiger charge is -2.26. The topological polar surface area (TPSA) is 29.5 Å². The van der Waals surface area contributed by atoms with Crippen LogP contribution in [0.1, 0.15) is 49.5 Å². The van der Waals surface area contributed by atoms with E-state index in [2.05, 4.69) is 32.6 Å². The molecule has 1 aromatic rings. The minimum absolute atomic E-state index is 0.171. The Bertz CT molecular complexity index is 412. The molecule has 0 aliphatic rings. The molecule has 0 amide bonds. The molecule has 0 spiro atoms. The number of carbonyl (C=O) groups is 1. The summed E-state index contributed by atoms with van der Waals surface area (Å²) in [6, 6.07) is 8.22. The molecule has 20 heavy (non-hydrogen) atoms. The van der Waals surface area contributed by atoms with E-state index in [-0.39, 0.29) is 11.8 Å². The summed E-state index contributed by atoms with van der Waals surface area (Å²) in [5.74, 6) is 0.665. The molecule has 0 saturated carbocycles. The second-order valence-corrected chi connectivity index (χ2v) is 5.57. The molecular weight excluding hydrogens is 250 g/mol. The van der Waals surface area contributed by atoms with Crippen molar-refractivity contribution in [2.75, 3.05) is 26.8 Å². The molecule has 0 saturated heterocycles. The summed E-state index contributed by atoms with van der Waals surface area (Å²) < 4.78 is 5.16. The Morgan fingerprint density at radius 3 is 2.25 bits per heavy atom. The van der Waals surface area contributed by atoms with Crippen LogP contribution in [0.4, 0.5) is 0 Å². The van der Waals surface area contributed by atoms with Crippen LogP contribution in [-0.2, 0) is 4.74 Å². The predicted octanol–water partition coefficient (Wildman–Crippen LogP) is 3.35. The smallest absolute Gasteiger partial charge is 0.176 e. The summed E-state index contributed by atoms with van der Waals surface area (Å²) in [6.45, 7) is 10.4. The number of hydrogen-bond donors (Lipinski definition) is 0. The fourth-order valence-corrected chi connectivity index (χ4v) is 2.26. The number of carbonyl (C=O) groups excluding carboxylic acids is 1. The molecule has 1 unspecified atom stereocenters. The van der Waals surface area contributed by atoms with Gasteiger partial charge in [-0.15, -0.1) is 0 Å². The Labute approximate surface area is 122 Å². The minimum Gasteiger partial charge on any atom is -0.383 e. The highest BCUT2D eigenvalue weighted by atomic mass is 16.5. The molecule has 0 N–H and O–H groups in total. The SMILES string of the molecule is CCN(CC(=O)c1ccc(C(C)C)cc1)C(C)COC. The van der Waals surface area contributed by atoms with Gasteiger partial charge in [-0.2, -0.15) is 0 Å². The van der Waals surface area contributed by atoms with E-state index >= 15 is 0 Å². The van der Waals surface area contributed by atoms with Gasteiger partial charge in [0, 0.05) is 18.7 Å². The van der Waals surface area contributed by atoms with E-state index in [4.69, 9.17) is 4.74 Å². The summed E-state index contributed by atoms with van der Waals surface area (Å²) in [6.07, 6.45) is 0. The van der Waals surface area contributed by atoms with E-state index in [1.165, 1.54) is 5.56 Å². The van der Waals surface area contributed by atoms with Gasteiger partial charge in [-0.05, 0) is 24.9 Å². The van der Waals surface area contributed by atoms with Crippen molar-refractivity contribution < 1.29 is 9.53 Å². The standard InChI is InChI=1S/C17H27NO2/c1-6-18(14(4)12-20-5)11-17(19)16-9-7-15(8-10-16)13(2)3/h7-10,13-14H,6,11-12H2,1-5H3. The van der Waals surface area contributed by atoms with Crippen LogP contribution in [0.25, 0.3) is 0 Å². The lowest BCUT2D eigenvalue weighted by atomic mass is 10.0. The zero-order valence-corrected chi connectivity index (χ0v) is 13.3. The lowest BCUT2D eigenvalue weighted by molar-refractivity contribution is 0.0788. The molecule has 0 bridgehead atoms. The average Bonchev–Trinajstić information content (AvgIpc) is 2.44. The first-order chi connectivity index (χ1) is 9.49. The number of ether oxygens (including phenoxy) is 1. The van der Waals surface area contributed by atoms with Crippen molar-refractivity contribution in [1.82, 2.24) is 4.90 Å². The number of likely N-dealkylation sites (N-methyl/N-ethyl adjacent to an activating group) is 1. The zero-order valence-electron chi connectivity index (χ0n) is 13.3. The van der Waals surface area contributed by atoms with Gasteiger partial charge in [0.05, 0.1) is 13.2 Å². The van der Waals surface area contributed by atoms with Crippen molar-refractivity contribution in [2.45, 2.75) is 39.7 Å². The molecule has 3 heteroatoms. The molecule has 1 aromatic carbocycles. The van der Waals surface area contributed by atoms with Gasteiger partial charge >= 0.3 is 0 Å². The quantitative estimate of drug-likeness (QED) is 0.682. The lowest BCUT2D eigenvalue weighted by Crippen LogP contribution is -2.39. The van der Waals surface area contributed by atoms with Gasteiger partial charge < -0.3 is 4.74 Å². The first kappa shape index (κ1) is 16.9. The monoisotopic (exact) mass is 277 g/mol. The Morgan fingerprint density at radius 1 is 1.20 bits per heavy atom. The van der Waals surface area contributed by atoms with Crippen molar-refractivity contribution in [1.29, 1.82) is 0 Å². The third-order valence-corrected chi connectivity index (χ3v) is 3.68. The maximum Gasteiger partial charge on any atom is 0.176 e. The highest BCUT2D eigenvalue weighted by Gasteiger charge is 2.16. The van der Waals surface area contributed by atoms with Crippen molar-refractivity contribution in [3.05, 3.63) is 35.4 Å². The normalized spacial score (nSPS) is 12.9. The number of rotatable bonds is 8. The second kappa shape index (κ2) is 8.18. The van der Waals surface area contributed by atoms with Gasteiger partial charge in [0.2, 0.25) is 0 Å². The van der Waals surface area contributed by atoms with Crippen molar-refractivity contribution in [3.63, 3.8) is 0 Å². The summed E-state index contributed by atoms with van der Waals surface area (Å²) in [5, 5.41) is 0. The van der Waals surface area contributed by atoms with E-state index in [1.807, 2.05) is 24.3 Å². The molecule has 3 nitrogen and oxygen atoms in total. The van der Waals surface area contributed by atoms with Crippen molar-refractivity contribution in [3.8, 4) is 0 Å². The number of benzene rings is 1. The Balaban J connectivity index is 2.69. The zero-order chi connectivity index (χ0) is 15.1. The molecule has 0 aromatic heterocycles. The van der Waals surface area contributed by atoms with Gasteiger partial charge in [0.25, 0.3) is 0 Å². The van der Waals surface area contributed by atoms with Gasteiger partial charge in [-0.25, -0.2) is 0 Å². The first-order valence-electron chi connectivity index (χ1n) is 7.35. The molecule has 0 radical (unpaired) electrons. The number of methoxy groups -OCH3 is 1. The molecule has 0 aliphatic carbocycles.